The largest absolute Gasteiger partial charge is 0.480 e. The molecule has 0 fully saturated rings. The fourth-order valence-corrected chi connectivity index (χ4v) is 2.56. The Morgan fingerprint density at radius 2 is 1.95 bits per heavy atom. The maximum Gasteiger partial charge on any atom is 0.323 e. The number of likely N-dealkylation sites (N-methyl/N-ethyl adjacent to an activating group) is 1. The summed E-state index contributed by atoms with van der Waals surface area (Å²) in [5, 5.41) is 8.75. The molecule has 0 saturated heterocycles. The summed E-state index contributed by atoms with van der Waals surface area (Å²) in [4.78, 5) is 25.2. The first-order chi connectivity index (χ1) is 9.04. The maximum absolute atomic E-state index is 12.1. The molecular weight excluding hydrogens is 262 g/mol. The van der Waals surface area contributed by atoms with Crippen molar-refractivity contribution in [2.45, 2.75) is 18.7 Å². The van der Waals surface area contributed by atoms with E-state index in [4.69, 9.17) is 5.11 Å². The number of carboxylic acid groups (broad SMARTS) is 1. The monoisotopic (exact) mass is 281 g/mol. The van der Waals surface area contributed by atoms with Gasteiger partial charge in [0.25, 0.3) is 0 Å². The molecule has 1 rings (SSSR count). The molecule has 104 valence electrons. The van der Waals surface area contributed by atoms with Crippen molar-refractivity contribution in [3.8, 4) is 0 Å². The van der Waals surface area contributed by atoms with Crippen LogP contribution in [0.2, 0.25) is 0 Å². The van der Waals surface area contributed by atoms with E-state index in [0.29, 0.717) is 12.3 Å². The summed E-state index contributed by atoms with van der Waals surface area (Å²) in [6.07, 6.45) is 0. The summed E-state index contributed by atoms with van der Waals surface area (Å²) in [6.45, 7) is 3.82. The van der Waals surface area contributed by atoms with Crippen LogP contribution in [0, 0.1) is 5.92 Å². The molecule has 1 unspecified atom stereocenters. The second-order valence-corrected chi connectivity index (χ2v) is 5.36. The molecule has 19 heavy (non-hydrogen) atoms. The Kier molecular flexibility index (Phi) is 6.42. The molecule has 4 nitrogen and oxygen atoms in total. The molecule has 0 aromatic heterocycles. The molecule has 0 saturated carbocycles. The highest BCUT2D eigenvalue weighted by atomic mass is 32.2. The normalized spacial score (nSPS) is 11.9. The number of amides is 1. The van der Waals surface area contributed by atoms with Gasteiger partial charge >= 0.3 is 5.97 Å². The Morgan fingerprint density at radius 1 is 1.32 bits per heavy atom. The van der Waals surface area contributed by atoms with Crippen LogP contribution in [0.3, 0.4) is 0 Å². The minimum Gasteiger partial charge on any atom is -0.480 e. The van der Waals surface area contributed by atoms with Crippen LogP contribution in [-0.4, -0.2) is 40.7 Å². The van der Waals surface area contributed by atoms with Gasteiger partial charge in [0.05, 0.1) is 0 Å². The van der Waals surface area contributed by atoms with E-state index in [2.05, 4.69) is 0 Å². The minimum atomic E-state index is -0.974. The highest BCUT2D eigenvalue weighted by Gasteiger charge is 2.21. The number of hydrogen-bond acceptors (Lipinski definition) is 3. The standard InChI is InChI=1S/C14H19NO3S/c1-3-15(9-13(16)17)14(18)11(2)10-19-12-7-5-4-6-8-12/h4-8,11H,3,9-10H2,1-2H3,(H,16,17). The highest BCUT2D eigenvalue weighted by Crippen LogP contribution is 2.21. The second kappa shape index (κ2) is 7.84. The topological polar surface area (TPSA) is 57.6 Å². The van der Waals surface area contributed by atoms with Crippen molar-refractivity contribution in [1.29, 1.82) is 0 Å². The van der Waals surface area contributed by atoms with Crippen LogP contribution in [0.5, 0.6) is 0 Å². The van der Waals surface area contributed by atoms with Crippen LogP contribution in [0.1, 0.15) is 13.8 Å². The maximum atomic E-state index is 12.1. The van der Waals surface area contributed by atoms with Gasteiger partial charge in [-0.25, -0.2) is 0 Å². The van der Waals surface area contributed by atoms with E-state index in [1.54, 1.807) is 18.7 Å². The van der Waals surface area contributed by atoms with Crippen molar-refractivity contribution in [3.63, 3.8) is 0 Å². The van der Waals surface area contributed by atoms with E-state index in [9.17, 15) is 9.59 Å². The zero-order valence-corrected chi connectivity index (χ0v) is 12.0. The van der Waals surface area contributed by atoms with Gasteiger partial charge in [0.15, 0.2) is 0 Å². The first kappa shape index (κ1) is 15.6. The Morgan fingerprint density at radius 3 is 2.47 bits per heavy atom. The molecule has 0 bridgehead atoms. The van der Waals surface area contributed by atoms with Crippen molar-refractivity contribution in [2.75, 3.05) is 18.8 Å². The molecule has 0 aliphatic rings. The predicted molar refractivity (Wildman–Crippen MR) is 76.2 cm³/mol. The number of rotatable bonds is 7. The second-order valence-electron chi connectivity index (χ2n) is 4.27. The summed E-state index contributed by atoms with van der Waals surface area (Å²) >= 11 is 1.61. The van der Waals surface area contributed by atoms with Gasteiger partial charge in [0.1, 0.15) is 6.54 Å². The Bertz CT molecular complexity index is 422. The minimum absolute atomic E-state index is 0.103. The summed E-state index contributed by atoms with van der Waals surface area (Å²) in [5.74, 6) is -0.616. The number of hydrogen-bond donors (Lipinski definition) is 1. The van der Waals surface area contributed by atoms with Gasteiger partial charge in [0, 0.05) is 23.1 Å². The number of carbonyl (C=O) groups excluding carboxylic acids is 1. The third-order valence-electron chi connectivity index (χ3n) is 2.68. The molecule has 1 aromatic rings. The zero-order chi connectivity index (χ0) is 14.3. The molecule has 1 atom stereocenters. The van der Waals surface area contributed by atoms with Crippen molar-refractivity contribution >= 4 is 23.6 Å². The summed E-state index contributed by atoms with van der Waals surface area (Å²) in [7, 11) is 0. The third kappa shape index (κ3) is 5.34. The van der Waals surface area contributed by atoms with E-state index in [1.165, 1.54) is 4.90 Å². The van der Waals surface area contributed by atoms with Crippen LogP contribution in [-0.2, 0) is 9.59 Å². The van der Waals surface area contributed by atoms with Crippen LogP contribution in [0.25, 0.3) is 0 Å². The first-order valence-electron chi connectivity index (χ1n) is 6.23. The van der Waals surface area contributed by atoms with Gasteiger partial charge in [-0.05, 0) is 19.1 Å². The van der Waals surface area contributed by atoms with Crippen molar-refractivity contribution < 1.29 is 14.7 Å². The molecule has 0 heterocycles. The number of aliphatic carboxylic acids is 1. The first-order valence-corrected chi connectivity index (χ1v) is 7.21. The predicted octanol–water partition coefficient (Wildman–Crippen LogP) is 2.35. The smallest absolute Gasteiger partial charge is 0.323 e. The average Bonchev–Trinajstić information content (AvgIpc) is 2.42. The Balaban J connectivity index is 2.49. The van der Waals surface area contributed by atoms with E-state index in [1.807, 2.05) is 37.3 Å². The van der Waals surface area contributed by atoms with Crippen LogP contribution >= 0.6 is 11.8 Å². The number of nitrogens with zero attached hydrogens (tertiary/aromatic N) is 1. The van der Waals surface area contributed by atoms with Gasteiger partial charge in [-0.1, -0.05) is 25.1 Å². The molecule has 5 heteroatoms. The van der Waals surface area contributed by atoms with E-state index in [-0.39, 0.29) is 18.4 Å². The summed E-state index contributed by atoms with van der Waals surface area (Å²) < 4.78 is 0. The lowest BCUT2D eigenvalue weighted by Gasteiger charge is -2.22. The Hall–Kier alpha value is -1.49. The van der Waals surface area contributed by atoms with Gasteiger partial charge in [-0.3, -0.25) is 9.59 Å². The lowest BCUT2D eigenvalue weighted by atomic mass is 10.2. The molecular formula is C14H19NO3S. The highest BCUT2D eigenvalue weighted by molar-refractivity contribution is 7.99. The van der Waals surface area contributed by atoms with Gasteiger partial charge in [-0.15, -0.1) is 11.8 Å². The van der Waals surface area contributed by atoms with Crippen LogP contribution in [0.4, 0.5) is 0 Å². The third-order valence-corrected chi connectivity index (χ3v) is 3.96. The number of benzene rings is 1. The average molecular weight is 281 g/mol. The fourth-order valence-electron chi connectivity index (χ4n) is 1.63. The summed E-state index contributed by atoms with van der Waals surface area (Å²) in [6, 6.07) is 9.85. The molecule has 1 N–H and O–H groups in total. The van der Waals surface area contributed by atoms with Crippen molar-refractivity contribution in [2.24, 2.45) is 5.92 Å². The zero-order valence-electron chi connectivity index (χ0n) is 11.2. The fraction of sp³-hybridized carbons (Fsp3) is 0.429. The quantitative estimate of drug-likeness (QED) is 0.779. The van der Waals surface area contributed by atoms with Crippen molar-refractivity contribution in [1.82, 2.24) is 4.90 Å². The molecule has 1 amide bonds. The molecule has 1 aromatic carbocycles. The number of carboxylic acids is 1. The lowest BCUT2D eigenvalue weighted by molar-refractivity contribution is -0.145. The van der Waals surface area contributed by atoms with E-state index in [0.717, 1.165) is 4.90 Å². The van der Waals surface area contributed by atoms with Gasteiger partial charge < -0.3 is 10.0 Å². The molecule has 0 spiro atoms. The van der Waals surface area contributed by atoms with E-state index >= 15 is 0 Å². The SMILES string of the molecule is CCN(CC(=O)O)C(=O)C(C)CSc1ccccc1. The van der Waals surface area contributed by atoms with Crippen LogP contribution < -0.4 is 0 Å². The lowest BCUT2D eigenvalue weighted by Crippen LogP contribution is -2.39. The van der Waals surface area contributed by atoms with Gasteiger partial charge in [-0.2, -0.15) is 0 Å². The van der Waals surface area contributed by atoms with Gasteiger partial charge in [0.2, 0.25) is 5.91 Å². The van der Waals surface area contributed by atoms with Crippen molar-refractivity contribution in [3.05, 3.63) is 30.3 Å². The van der Waals surface area contributed by atoms with E-state index < -0.39 is 5.97 Å². The molecule has 0 aliphatic carbocycles. The Labute approximate surface area is 117 Å². The number of thioether (sulfide) groups is 1. The summed E-state index contributed by atoms with van der Waals surface area (Å²) in [5.41, 5.74) is 0. The van der Waals surface area contributed by atoms with Crippen LogP contribution in [0.15, 0.2) is 35.2 Å². The number of carbonyl (C=O) groups is 2. The molecule has 0 radical (unpaired) electrons. The molecule has 0 aliphatic heterocycles.